The fourth-order valence-electron chi connectivity index (χ4n) is 4.32. The first-order valence-electron chi connectivity index (χ1n) is 12.0. The van der Waals surface area contributed by atoms with Crippen LogP contribution in [0.1, 0.15) is 62.9 Å². The van der Waals surface area contributed by atoms with Crippen LogP contribution in [-0.2, 0) is 11.2 Å². The van der Waals surface area contributed by atoms with Gasteiger partial charge in [0.15, 0.2) is 11.9 Å². The van der Waals surface area contributed by atoms with Gasteiger partial charge in [-0.1, -0.05) is 25.9 Å². The van der Waals surface area contributed by atoms with Crippen LogP contribution in [0.5, 0.6) is 5.75 Å². The lowest BCUT2D eigenvalue weighted by molar-refractivity contribution is -0.266. The smallest absolute Gasteiger partial charge is 0.441 e. The molecule has 3 aromatic rings. The van der Waals surface area contributed by atoms with Crippen LogP contribution in [0.3, 0.4) is 0 Å². The molecule has 1 aliphatic rings. The third kappa shape index (κ3) is 5.46. The van der Waals surface area contributed by atoms with E-state index in [1.165, 1.54) is 24.5 Å². The van der Waals surface area contributed by atoms with Gasteiger partial charge in [0.05, 0.1) is 5.56 Å². The Morgan fingerprint density at radius 2 is 1.97 bits per heavy atom. The Bertz CT molecular complexity index is 1270. The van der Waals surface area contributed by atoms with Gasteiger partial charge in [0.1, 0.15) is 11.6 Å². The SMILES string of the molecule is CCC(Oc1ccc(F)c(C2CN(C=O)C(F)(C(F)(F)F)C2)c1)c1ncc(-c2noc(CC(C)C)n2)cn1. The van der Waals surface area contributed by atoms with E-state index >= 15 is 0 Å². The van der Waals surface area contributed by atoms with Crippen LogP contribution >= 0.6 is 0 Å². The summed E-state index contributed by atoms with van der Waals surface area (Å²) in [6.07, 6.45) is -3.24. The fourth-order valence-corrected chi connectivity index (χ4v) is 4.32. The van der Waals surface area contributed by atoms with Gasteiger partial charge in [-0.2, -0.15) is 18.2 Å². The lowest BCUT2D eigenvalue weighted by Gasteiger charge is -2.29. The number of hydrogen-bond donors (Lipinski definition) is 0. The van der Waals surface area contributed by atoms with Crippen molar-refractivity contribution >= 4 is 6.41 Å². The fraction of sp³-hybridized carbons (Fsp3) is 0.480. The van der Waals surface area contributed by atoms with Crippen LogP contribution in [0.2, 0.25) is 0 Å². The first kappa shape index (κ1) is 27.4. The van der Waals surface area contributed by atoms with Gasteiger partial charge in [-0.15, -0.1) is 0 Å². The summed E-state index contributed by atoms with van der Waals surface area (Å²) in [7, 11) is 0. The van der Waals surface area contributed by atoms with Crippen molar-refractivity contribution in [1.29, 1.82) is 0 Å². The zero-order valence-corrected chi connectivity index (χ0v) is 20.9. The number of aromatic nitrogens is 4. The molecule has 1 aliphatic heterocycles. The summed E-state index contributed by atoms with van der Waals surface area (Å²) in [5.41, 5.74) is 0.352. The van der Waals surface area contributed by atoms with E-state index in [9.17, 15) is 26.7 Å². The number of likely N-dealkylation sites (tertiary alicyclic amines) is 1. The molecule has 0 saturated carbocycles. The molecule has 1 fully saturated rings. The Kier molecular flexibility index (Phi) is 7.65. The van der Waals surface area contributed by atoms with Gasteiger partial charge in [-0.05, 0) is 36.1 Å². The second-order valence-corrected chi connectivity index (χ2v) is 9.55. The zero-order valence-electron chi connectivity index (χ0n) is 20.9. The predicted molar refractivity (Wildman–Crippen MR) is 124 cm³/mol. The minimum Gasteiger partial charge on any atom is -0.482 e. The second-order valence-electron chi connectivity index (χ2n) is 9.55. The van der Waals surface area contributed by atoms with Gasteiger partial charge in [0.25, 0.3) is 5.79 Å². The van der Waals surface area contributed by atoms with Crippen LogP contribution in [0.4, 0.5) is 22.0 Å². The Morgan fingerprint density at radius 3 is 2.55 bits per heavy atom. The van der Waals surface area contributed by atoms with Crippen molar-refractivity contribution in [2.45, 2.75) is 64.0 Å². The number of ether oxygens (including phenoxy) is 1. The monoisotopic (exact) mass is 539 g/mol. The Balaban J connectivity index is 1.51. The normalized spacial score (nSPS) is 20.7. The number of hydrogen-bond acceptors (Lipinski definition) is 7. The van der Waals surface area contributed by atoms with Crippen molar-refractivity contribution in [1.82, 2.24) is 25.0 Å². The highest BCUT2D eigenvalue weighted by Gasteiger charge is 2.64. The van der Waals surface area contributed by atoms with Gasteiger partial charge < -0.3 is 14.2 Å². The number of nitrogens with zero attached hydrogens (tertiary/aromatic N) is 5. The number of benzene rings is 1. The Morgan fingerprint density at radius 1 is 1.26 bits per heavy atom. The summed E-state index contributed by atoms with van der Waals surface area (Å²) >= 11 is 0. The third-order valence-corrected chi connectivity index (χ3v) is 6.28. The van der Waals surface area contributed by atoms with Gasteiger partial charge in [-0.3, -0.25) is 4.79 Å². The van der Waals surface area contributed by atoms with Crippen LogP contribution in [-0.4, -0.2) is 49.9 Å². The van der Waals surface area contributed by atoms with E-state index < -0.39 is 42.8 Å². The molecular weight excluding hydrogens is 513 g/mol. The predicted octanol–water partition coefficient (Wildman–Crippen LogP) is 5.57. The molecule has 0 spiro atoms. The number of carbonyl (C=O) groups is 1. The maximum atomic E-state index is 14.7. The average molecular weight is 540 g/mol. The topological polar surface area (TPSA) is 94.2 Å². The van der Waals surface area contributed by atoms with E-state index in [1.807, 2.05) is 20.8 Å². The molecular formula is C25H26F5N5O3. The molecule has 1 aromatic carbocycles. The Hall–Kier alpha value is -3.64. The van der Waals surface area contributed by atoms with Crippen molar-refractivity contribution in [3.8, 4) is 17.1 Å². The van der Waals surface area contributed by atoms with Crippen LogP contribution in [0.15, 0.2) is 35.1 Å². The largest absolute Gasteiger partial charge is 0.482 e. The van der Waals surface area contributed by atoms with Crippen molar-refractivity contribution in [2.75, 3.05) is 6.54 Å². The maximum Gasteiger partial charge on any atom is 0.441 e. The minimum atomic E-state index is -5.32. The summed E-state index contributed by atoms with van der Waals surface area (Å²) < 4.78 is 80.5. The summed E-state index contributed by atoms with van der Waals surface area (Å²) in [6, 6.07) is 3.56. The van der Waals surface area contributed by atoms with Gasteiger partial charge in [-0.25, -0.2) is 18.7 Å². The molecule has 13 heteroatoms. The van der Waals surface area contributed by atoms with Crippen molar-refractivity contribution in [3.63, 3.8) is 0 Å². The molecule has 0 N–H and O–H groups in total. The summed E-state index contributed by atoms with van der Waals surface area (Å²) in [5.74, 6) is -4.30. The second kappa shape index (κ2) is 10.6. The molecule has 2 aromatic heterocycles. The van der Waals surface area contributed by atoms with E-state index in [0.717, 1.165) is 6.07 Å². The van der Waals surface area contributed by atoms with E-state index in [2.05, 4.69) is 20.1 Å². The number of halogens is 5. The molecule has 8 nitrogen and oxygen atoms in total. The molecule has 38 heavy (non-hydrogen) atoms. The summed E-state index contributed by atoms with van der Waals surface area (Å²) in [5, 5.41) is 3.94. The zero-order chi connectivity index (χ0) is 27.7. The van der Waals surface area contributed by atoms with Crippen LogP contribution in [0.25, 0.3) is 11.4 Å². The molecule has 3 heterocycles. The molecule has 0 bridgehead atoms. The number of carbonyl (C=O) groups excluding carboxylic acids is 1. The standard InChI is InChI=1S/C25H26F5N5O3/c1-4-20(23-31-10-16(11-32-23)22-33-21(38-34-22)7-14(2)3)37-17-5-6-19(26)18(8-17)15-9-24(27,25(28,29)30)35(12-15)13-36/h5-6,8,10-11,13-15,20H,4,7,9,12H2,1-3H3. The highest BCUT2D eigenvalue weighted by atomic mass is 19.4. The first-order chi connectivity index (χ1) is 17.9. The molecule has 1 amide bonds. The Labute approximate surface area is 215 Å². The quantitative estimate of drug-likeness (QED) is 0.199. The van der Waals surface area contributed by atoms with Gasteiger partial charge in [0, 0.05) is 37.7 Å². The van der Waals surface area contributed by atoms with Crippen molar-refractivity contribution in [3.05, 3.63) is 53.7 Å². The molecule has 0 aliphatic carbocycles. The van der Waals surface area contributed by atoms with Crippen molar-refractivity contribution in [2.24, 2.45) is 5.92 Å². The molecule has 1 saturated heterocycles. The highest BCUT2D eigenvalue weighted by Crippen LogP contribution is 2.49. The van der Waals surface area contributed by atoms with E-state index in [4.69, 9.17) is 9.26 Å². The van der Waals surface area contributed by atoms with Crippen molar-refractivity contribution < 1.29 is 36.0 Å². The third-order valence-electron chi connectivity index (χ3n) is 6.28. The lowest BCUT2D eigenvalue weighted by atomic mass is 9.94. The summed E-state index contributed by atoms with van der Waals surface area (Å²) in [4.78, 5) is 24.1. The first-order valence-corrected chi connectivity index (χ1v) is 12.0. The molecule has 3 unspecified atom stereocenters. The molecule has 3 atom stereocenters. The molecule has 0 radical (unpaired) electrons. The van der Waals surface area contributed by atoms with E-state index in [1.54, 1.807) is 0 Å². The highest BCUT2D eigenvalue weighted by molar-refractivity contribution is 5.51. The minimum absolute atomic E-state index is 0.0183. The summed E-state index contributed by atoms with van der Waals surface area (Å²) in [6.45, 7) is 5.24. The maximum absolute atomic E-state index is 14.7. The number of alkyl halides is 4. The molecule has 4 rings (SSSR count). The number of amides is 1. The van der Waals surface area contributed by atoms with Gasteiger partial charge >= 0.3 is 6.18 Å². The molecule has 204 valence electrons. The van der Waals surface area contributed by atoms with Crippen LogP contribution in [0, 0.1) is 11.7 Å². The number of rotatable bonds is 9. The van der Waals surface area contributed by atoms with E-state index in [-0.39, 0.29) is 22.6 Å². The van der Waals surface area contributed by atoms with Gasteiger partial charge in [0.2, 0.25) is 18.1 Å². The van der Waals surface area contributed by atoms with E-state index in [0.29, 0.717) is 41.9 Å². The lowest BCUT2D eigenvalue weighted by Crippen LogP contribution is -2.50. The van der Waals surface area contributed by atoms with Crippen LogP contribution < -0.4 is 4.74 Å². The average Bonchev–Trinajstić information content (AvgIpc) is 3.47.